The van der Waals surface area contributed by atoms with Crippen molar-refractivity contribution in [3.05, 3.63) is 29.8 Å². The van der Waals surface area contributed by atoms with Gasteiger partial charge in [-0.05, 0) is 30.5 Å². The van der Waals surface area contributed by atoms with Crippen LogP contribution in [0.1, 0.15) is 63.9 Å². The Morgan fingerprint density at radius 1 is 0.966 bits per heavy atom. The quantitative estimate of drug-likeness (QED) is 0.156. The number of carbonyl (C=O) groups excluding carboxylic acids is 1. The first-order valence-corrected chi connectivity index (χ1v) is 10.7. The van der Waals surface area contributed by atoms with Crippen LogP contribution < -0.4 is 4.74 Å². The molecule has 1 atom stereocenters. The molecule has 0 saturated carbocycles. The van der Waals surface area contributed by atoms with Crippen LogP contribution >= 0.6 is 0 Å². The van der Waals surface area contributed by atoms with Gasteiger partial charge < -0.3 is 9.84 Å². The zero-order valence-electron chi connectivity index (χ0n) is 15.6. The first kappa shape index (κ1) is 31.3. The van der Waals surface area contributed by atoms with Crippen molar-refractivity contribution in [2.24, 2.45) is 0 Å². The molecule has 0 aromatic heterocycles. The normalized spacial score (nSPS) is 11.7. The van der Waals surface area contributed by atoms with Crippen LogP contribution in [-0.4, -0.2) is 94.4 Å². The number of esters is 1. The summed E-state index contributed by atoms with van der Waals surface area (Å²) >= 11 is 0. The van der Waals surface area contributed by atoms with E-state index in [1.54, 1.807) is 12.1 Å². The molecule has 1 rings (SSSR count). The van der Waals surface area contributed by atoms with Crippen molar-refractivity contribution >= 4 is 81.2 Å². The predicted molar refractivity (Wildman–Crippen MR) is 116 cm³/mol. The Hall–Kier alpha value is 0.0700. The molecule has 29 heavy (non-hydrogen) atoms. The first-order chi connectivity index (χ1) is 12.7. The standard InChI is InChI=1S/C19H28O7S.2Na.2H/c1-2-3-4-5-6-7-8-9-15-10-12-16(13-11-15)26-19(22)17(14-18(20)21)27(23,24)25;;;;/h10-13,17H,2-9,14H2,1H3,(H,20,21)(H,23,24,25);;;;. The van der Waals surface area contributed by atoms with Crippen LogP contribution in [0.2, 0.25) is 0 Å². The summed E-state index contributed by atoms with van der Waals surface area (Å²) < 4.78 is 36.3. The fourth-order valence-electron chi connectivity index (χ4n) is 2.66. The van der Waals surface area contributed by atoms with Crippen molar-refractivity contribution in [1.82, 2.24) is 0 Å². The summed E-state index contributed by atoms with van der Waals surface area (Å²) in [6.07, 6.45) is 8.33. The number of hydrogen-bond donors (Lipinski definition) is 2. The average molecular weight is 448 g/mol. The summed E-state index contributed by atoms with van der Waals surface area (Å²) in [7, 11) is -4.87. The summed E-state index contributed by atoms with van der Waals surface area (Å²) in [5.74, 6) is -2.75. The Bertz CT molecular complexity index is 706. The van der Waals surface area contributed by atoms with Crippen LogP contribution in [0.15, 0.2) is 24.3 Å². The van der Waals surface area contributed by atoms with Gasteiger partial charge in [-0.3, -0.25) is 14.1 Å². The zero-order valence-corrected chi connectivity index (χ0v) is 16.4. The molecule has 0 spiro atoms. The van der Waals surface area contributed by atoms with E-state index in [1.165, 1.54) is 44.2 Å². The maximum absolute atomic E-state index is 11.9. The predicted octanol–water partition coefficient (Wildman–Crippen LogP) is 2.32. The van der Waals surface area contributed by atoms with Crippen LogP contribution in [0.3, 0.4) is 0 Å². The minimum atomic E-state index is -4.87. The number of benzene rings is 1. The Kier molecular flexibility index (Phi) is 18.0. The number of aryl methyl sites for hydroxylation is 1. The molecule has 156 valence electrons. The molecular weight excluding hydrogens is 418 g/mol. The maximum atomic E-state index is 11.9. The molecule has 0 amide bonds. The number of rotatable bonds is 13. The summed E-state index contributed by atoms with van der Waals surface area (Å²) in [5, 5.41) is 6.53. The number of carbonyl (C=O) groups is 2. The van der Waals surface area contributed by atoms with Crippen LogP contribution in [0.4, 0.5) is 0 Å². The van der Waals surface area contributed by atoms with E-state index in [2.05, 4.69) is 6.92 Å². The molecule has 0 radical (unpaired) electrons. The first-order valence-electron chi connectivity index (χ1n) is 9.22. The summed E-state index contributed by atoms with van der Waals surface area (Å²) in [5.41, 5.74) is 1.07. The third kappa shape index (κ3) is 13.9. The van der Waals surface area contributed by atoms with Gasteiger partial charge in [0.05, 0.1) is 6.42 Å². The monoisotopic (exact) mass is 448 g/mol. The molecule has 10 heteroatoms. The van der Waals surface area contributed by atoms with E-state index in [9.17, 15) is 18.0 Å². The molecule has 1 aromatic rings. The van der Waals surface area contributed by atoms with Gasteiger partial charge in [0, 0.05) is 0 Å². The van der Waals surface area contributed by atoms with Gasteiger partial charge in [-0.1, -0.05) is 57.6 Å². The fourth-order valence-corrected chi connectivity index (χ4v) is 3.31. The van der Waals surface area contributed by atoms with E-state index in [0.717, 1.165) is 24.8 Å². The van der Waals surface area contributed by atoms with Crippen molar-refractivity contribution in [3.8, 4) is 5.75 Å². The fraction of sp³-hybridized carbons (Fsp3) is 0.579. The molecule has 0 aliphatic carbocycles. The third-order valence-electron chi connectivity index (χ3n) is 4.19. The van der Waals surface area contributed by atoms with Crippen molar-refractivity contribution in [3.63, 3.8) is 0 Å². The van der Waals surface area contributed by atoms with Crippen LogP contribution in [0.25, 0.3) is 0 Å². The molecule has 0 bridgehead atoms. The van der Waals surface area contributed by atoms with Crippen LogP contribution in [0, 0.1) is 0 Å². The van der Waals surface area contributed by atoms with E-state index in [0.29, 0.717) is 0 Å². The molecule has 0 fully saturated rings. The second-order valence-corrected chi connectivity index (χ2v) is 8.14. The van der Waals surface area contributed by atoms with Crippen LogP contribution in [-0.2, 0) is 26.1 Å². The number of carboxylic acid groups (broad SMARTS) is 1. The minimum absolute atomic E-state index is 0. The SMILES string of the molecule is CCCCCCCCCc1ccc(OC(=O)C(CC(=O)O)S(=O)(=O)O)cc1.[NaH].[NaH]. The van der Waals surface area contributed by atoms with E-state index in [1.807, 2.05) is 0 Å². The van der Waals surface area contributed by atoms with Gasteiger partial charge in [-0.25, -0.2) is 0 Å². The Morgan fingerprint density at radius 2 is 1.48 bits per heavy atom. The Balaban J connectivity index is 0. The van der Waals surface area contributed by atoms with Gasteiger partial charge in [0.1, 0.15) is 5.75 Å². The topological polar surface area (TPSA) is 118 Å². The van der Waals surface area contributed by atoms with Crippen LogP contribution in [0.5, 0.6) is 5.75 Å². The average Bonchev–Trinajstić information content (AvgIpc) is 2.59. The Morgan fingerprint density at radius 3 is 1.97 bits per heavy atom. The van der Waals surface area contributed by atoms with Gasteiger partial charge in [-0.2, -0.15) is 8.42 Å². The molecule has 0 saturated heterocycles. The second kappa shape index (κ2) is 16.7. The number of carboxylic acids is 1. The molecule has 7 nitrogen and oxygen atoms in total. The number of unbranched alkanes of at least 4 members (excludes halogenated alkanes) is 6. The molecule has 0 heterocycles. The summed E-state index contributed by atoms with van der Waals surface area (Å²) in [6.45, 7) is 2.19. The van der Waals surface area contributed by atoms with Gasteiger partial charge in [0.2, 0.25) is 0 Å². The van der Waals surface area contributed by atoms with Gasteiger partial charge in [-0.15, -0.1) is 0 Å². The van der Waals surface area contributed by atoms with Crippen molar-refractivity contribution in [2.45, 2.75) is 70.0 Å². The van der Waals surface area contributed by atoms with Gasteiger partial charge >= 0.3 is 71.1 Å². The second-order valence-electron chi connectivity index (χ2n) is 6.54. The number of hydrogen-bond acceptors (Lipinski definition) is 5. The molecule has 1 aromatic carbocycles. The van der Waals surface area contributed by atoms with Gasteiger partial charge in [0.15, 0.2) is 5.25 Å². The van der Waals surface area contributed by atoms with Crippen molar-refractivity contribution in [2.75, 3.05) is 0 Å². The van der Waals surface area contributed by atoms with E-state index in [4.69, 9.17) is 14.4 Å². The van der Waals surface area contributed by atoms with Gasteiger partial charge in [0.25, 0.3) is 10.1 Å². The van der Waals surface area contributed by atoms with Crippen molar-refractivity contribution in [1.29, 1.82) is 0 Å². The Labute approximate surface area is 217 Å². The zero-order chi connectivity index (χ0) is 20.3. The number of ether oxygens (including phenoxy) is 1. The van der Waals surface area contributed by atoms with E-state index < -0.39 is 33.7 Å². The molecule has 0 aliphatic heterocycles. The summed E-state index contributed by atoms with van der Waals surface area (Å²) in [4.78, 5) is 22.5. The molecule has 0 aliphatic rings. The number of aliphatic carboxylic acids is 1. The van der Waals surface area contributed by atoms with E-state index in [-0.39, 0.29) is 64.9 Å². The third-order valence-corrected chi connectivity index (χ3v) is 5.27. The van der Waals surface area contributed by atoms with E-state index >= 15 is 0 Å². The molecular formula is C19H30Na2O7S. The summed E-state index contributed by atoms with van der Waals surface area (Å²) in [6, 6.07) is 6.60. The molecule has 1 unspecified atom stereocenters. The molecule has 2 N–H and O–H groups in total. The van der Waals surface area contributed by atoms with Crippen molar-refractivity contribution < 1.29 is 32.4 Å².